The molecule has 108 valence electrons. The van der Waals surface area contributed by atoms with Crippen LogP contribution in [0.2, 0.25) is 0 Å². The van der Waals surface area contributed by atoms with Crippen molar-refractivity contribution in [3.05, 3.63) is 11.6 Å². The van der Waals surface area contributed by atoms with Crippen LogP contribution in [0.25, 0.3) is 0 Å². The van der Waals surface area contributed by atoms with Crippen LogP contribution in [0.3, 0.4) is 0 Å². The van der Waals surface area contributed by atoms with Crippen LogP contribution in [0.4, 0.5) is 0 Å². The van der Waals surface area contributed by atoms with Crippen molar-refractivity contribution in [3.8, 4) is 0 Å². The fourth-order valence-electron chi connectivity index (χ4n) is 3.31. The van der Waals surface area contributed by atoms with Crippen molar-refractivity contribution in [2.45, 2.75) is 44.6 Å². The molecule has 0 aromatic carbocycles. The number of ether oxygens (including phenoxy) is 1. The molecule has 2 rings (SSSR count). The molecule has 1 aliphatic heterocycles. The van der Waals surface area contributed by atoms with E-state index < -0.39 is 5.54 Å². The molecule has 2 atom stereocenters. The lowest BCUT2D eigenvalue weighted by molar-refractivity contribution is -0.138. The van der Waals surface area contributed by atoms with Crippen LogP contribution < -0.4 is 5.73 Å². The molecule has 0 aromatic rings. The molecule has 1 heterocycles. The Balaban J connectivity index is 1.97. The normalized spacial score (nSPS) is 32.1. The zero-order valence-electron chi connectivity index (χ0n) is 12.2. The third kappa shape index (κ3) is 3.37. The number of rotatable bonds is 3. The van der Waals surface area contributed by atoms with Crippen molar-refractivity contribution in [1.29, 1.82) is 0 Å². The third-order valence-electron chi connectivity index (χ3n) is 4.38. The highest BCUT2D eigenvalue weighted by molar-refractivity contribution is 5.86. The summed E-state index contributed by atoms with van der Waals surface area (Å²) in [7, 11) is 1.71. The Labute approximate surface area is 116 Å². The minimum atomic E-state index is -0.621. The van der Waals surface area contributed by atoms with Crippen LogP contribution >= 0.6 is 0 Å². The summed E-state index contributed by atoms with van der Waals surface area (Å²) in [6.07, 6.45) is 6.95. The maximum absolute atomic E-state index is 12.6. The van der Waals surface area contributed by atoms with Crippen LogP contribution in [0.15, 0.2) is 11.6 Å². The van der Waals surface area contributed by atoms with E-state index in [9.17, 15) is 4.79 Å². The molecule has 4 nitrogen and oxygen atoms in total. The van der Waals surface area contributed by atoms with Crippen molar-refractivity contribution < 1.29 is 9.53 Å². The van der Waals surface area contributed by atoms with E-state index in [0.29, 0.717) is 19.1 Å². The number of amides is 1. The third-order valence-corrected chi connectivity index (χ3v) is 4.38. The highest BCUT2D eigenvalue weighted by atomic mass is 16.5. The minimum absolute atomic E-state index is 0.145. The molecule has 1 amide bonds. The van der Waals surface area contributed by atoms with Gasteiger partial charge in [0.2, 0.25) is 5.91 Å². The van der Waals surface area contributed by atoms with Crippen molar-refractivity contribution in [2.75, 3.05) is 26.8 Å². The molecular formula is C15H26N2O2. The number of methoxy groups -OCH3 is 1. The van der Waals surface area contributed by atoms with Gasteiger partial charge in [0.15, 0.2) is 0 Å². The molecule has 4 heteroatoms. The van der Waals surface area contributed by atoms with E-state index in [1.54, 1.807) is 7.11 Å². The average molecular weight is 266 g/mol. The van der Waals surface area contributed by atoms with Gasteiger partial charge < -0.3 is 15.4 Å². The molecule has 0 bridgehead atoms. The maximum atomic E-state index is 12.6. The number of carbonyl (C=O) groups is 1. The van der Waals surface area contributed by atoms with Crippen LogP contribution in [-0.4, -0.2) is 43.2 Å². The van der Waals surface area contributed by atoms with Gasteiger partial charge in [0.1, 0.15) is 0 Å². The fraction of sp³-hybridized carbons (Fsp3) is 0.800. The highest BCUT2D eigenvalue weighted by Gasteiger charge is 2.40. The average Bonchev–Trinajstić information content (AvgIpc) is 2.39. The SMILES string of the molecule is COCC1=CCN(C(=O)C2(N)CCCC(C)C2)CC1. The summed E-state index contributed by atoms with van der Waals surface area (Å²) in [5, 5.41) is 0. The van der Waals surface area contributed by atoms with Gasteiger partial charge in [-0.1, -0.05) is 25.8 Å². The summed E-state index contributed by atoms with van der Waals surface area (Å²) in [5.41, 5.74) is 7.05. The molecule has 2 aliphatic rings. The van der Waals surface area contributed by atoms with Gasteiger partial charge in [-0.15, -0.1) is 0 Å². The molecule has 0 aromatic heterocycles. The zero-order valence-corrected chi connectivity index (χ0v) is 12.2. The summed E-state index contributed by atoms with van der Waals surface area (Å²) < 4.78 is 5.13. The van der Waals surface area contributed by atoms with Crippen molar-refractivity contribution >= 4 is 5.91 Å². The molecule has 0 radical (unpaired) electrons. The van der Waals surface area contributed by atoms with Crippen molar-refractivity contribution in [2.24, 2.45) is 11.7 Å². The second kappa shape index (κ2) is 6.06. The Kier molecular flexibility index (Phi) is 4.63. The lowest BCUT2D eigenvalue weighted by atomic mass is 9.76. The first kappa shape index (κ1) is 14.5. The number of hydrogen-bond donors (Lipinski definition) is 1. The number of hydrogen-bond acceptors (Lipinski definition) is 3. The number of nitrogens with two attached hydrogens (primary N) is 1. The first-order chi connectivity index (χ1) is 9.05. The van der Waals surface area contributed by atoms with E-state index in [0.717, 1.165) is 32.2 Å². The van der Waals surface area contributed by atoms with E-state index in [2.05, 4.69) is 13.0 Å². The first-order valence-corrected chi connectivity index (χ1v) is 7.30. The van der Waals surface area contributed by atoms with Gasteiger partial charge in [-0.3, -0.25) is 4.79 Å². The van der Waals surface area contributed by atoms with Crippen LogP contribution in [0.1, 0.15) is 39.0 Å². The molecule has 19 heavy (non-hydrogen) atoms. The molecule has 1 saturated carbocycles. The van der Waals surface area contributed by atoms with E-state index in [-0.39, 0.29) is 5.91 Å². The van der Waals surface area contributed by atoms with E-state index in [1.807, 2.05) is 4.90 Å². The molecule has 2 unspecified atom stereocenters. The van der Waals surface area contributed by atoms with E-state index in [4.69, 9.17) is 10.5 Å². The number of carbonyl (C=O) groups excluding carboxylic acids is 1. The predicted octanol–water partition coefficient (Wildman–Crippen LogP) is 1.70. The summed E-state index contributed by atoms with van der Waals surface area (Å²) >= 11 is 0. The Morgan fingerprint density at radius 2 is 2.42 bits per heavy atom. The number of nitrogens with zero attached hydrogens (tertiary/aromatic N) is 1. The Morgan fingerprint density at radius 3 is 3.00 bits per heavy atom. The van der Waals surface area contributed by atoms with E-state index in [1.165, 1.54) is 12.0 Å². The van der Waals surface area contributed by atoms with Gasteiger partial charge in [0.25, 0.3) is 0 Å². The lowest BCUT2D eigenvalue weighted by Crippen LogP contribution is -2.58. The van der Waals surface area contributed by atoms with Gasteiger partial charge >= 0.3 is 0 Å². The fourth-order valence-corrected chi connectivity index (χ4v) is 3.31. The van der Waals surface area contributed by atoms with Crippen molar-refractivity contribution in [3.63, 3.8) is 0 Å². The molecule has 2 N–H and O–H groups in total. The zero-order chi connectivity index (χ0) is 13.9. The summed E-state index contributed by atoms with van der Waals surface area (Å²) in [5.74, 6) is 0.707. The summed E-state index contributed by atoms with van der Waals surface area (Å²) in [4.78, 5) is 14.5. The first-order valence-electron chi connectivity index (χ1n) is 7.30. The van der Waals surface area contributed by atoms with Gasteiger partial charge in [0.05, 0.1) is 12.1 Å². The molecule has 0 spiro atoms. The standard InChI is InChI=1S/C15H26N2O2/c1-12-4-3-7-15(16,10-12)14(18)17-8-5-13(6-9-17)11-19-2/h5,12H,3-4,6-11,16H2,1-2H3. The smallest absolute Gasteiger partial charge is 0.242 e. The Morgan fingerprint density at radius 1 is 1.63 bits per heavy atom. The molecule has 1 fully saturated rings. The Hall–Kier alpha value is -0.870. The summed E-state index contributed by atoms with van der Waals surface area (Å²) in [6, 6.07) is 0. The topological polar surface area (TPSA) is 55.6 Å². The largest absolute Gasteiger partial charge is 0.380 e. The van der Waals surface area contributed by atoms with Crippen LogP contribution in [0, 0.1) is 5.92 Å². The van der Waals surface area contributed by atoms with E-state index >= 15 is 0 Å². The van der Waals surface area contributed by atoms with Gasteiger partial charge in [-0.05, 0) is 30.8 Å². The highest BCUT2D eigenvalue weighted by Crippen LogP contribution is 2.32. The molecule has 1 aliphatic carbocycles. The monoisotopic (exact) mass is 266 g/mol. The second-order valence-electron chi connectivity index (χ2n) is 6.15. The van der Waals surface area contributed by atoms with Gasteiger partial charge in [-0.25, -0.2) is 0 Å². The summed E-state index contributed by atoms with van der Waals surface area (Å²) in [6.45, 7) is 4.33. The Bertz CT molecular complexity index is 367. The van der Waals surface area contributed by atoms with Gasteiger partial charge in [-0.2, -0.15) is 0 Å². The quantitative estimate of drug-likeness (QED) is 0.791. The van der Waals surface area contributed by atoms with Crippen molar-refractivity contribution in [1.82, 2.24) is 4.90 Å². The predicted molar refractivity (Wildman–Crippen MR) is 75.7 cm³/mol. The van der Waals surface area contributed by atoms with Gasteiger partial charge in [0, 0.05) is 20.2 Å². The second-order valence-corrected chi connectivity index (χ2v) is 6.15. The minimum Gasteiger partial charge on any atom is -0.380 e. The van der Waals surface area contributed by atoms with Crippen LogP contribution in [-0.2, 0) is 9.53 Å². The molecular weight excluding hydrogens is 240 g/mol. The maximum Gasteiger partial charge on any atom is 0.242 e. The van der Waals surface area contributed by atoms with Crippen LogP contribution in [0.5, 0.6) is 0 Å². The lowest BCUT2D eigenvalue weighted by Gasteiger charge is -2.40. The molecule has 0 saturated heterocycles.